The Labute approximate surface area is 102 Å². The second-order valence-electron chi connectivity index (χ2n) is 3.27. The molecule has 1 amide bonds. The lowest BCUT2D eigenvalue weighted by Gasteiger charge is -2.15. The van der Waals surface area contributed by atoms with Gasteiger partial charge in [0.1, 0.15) is 0 Å². The number of anilines is 1. The number of halogens is 5. The number of hydrogen-bond acceptors (Lipinski definition) is 3. The van der Waals surface area contributed by atoms with Gasteiger partial charge >= 0.3 is 18.3 Å². The van der Waals surface area contributed by atoms with Gasteiger partial charge in [-0.05, 0) is 6.07 Å². The average Bonchev–Trinajstić information content (AvgIpc) is 2.30. The number of nitro groups is 1. The molecular weight excluding hydrogens is 279 g/mol. The summed E-state index contributed by atoms with van der Waals surface area (Å²) >= 11 is 0. The lowest BCUT2D eigenvalue weighted by Crippen LogP contribution is -2.41. The molecule has 0 saturated heterocycles. The molecule has 0 aliphatic rings. The number of carbonyl (C=O) groups is 1. The zero-order valence-electron chi connectivity index (χ0n) is 8.87. The van der Waals surface area contributed by atoms with E-state index in [1.165, 1.54) is 0 Å². The molecule has 1 aromatic carbocycles. The van der Waals surface area contributed by atoms with E-state index < -0.39 is 40.4 Å². The molecule has 104 valence electrons. The van der Waals surface area contributed by atoms with Crippen molar-refractivity contribution in [2.75, 3.05) is 5.32 Å². The fraction of sp³-hybridized carbons (Fsp3) is 0.222. The predicted octanol–water partition coefficient (Wildman–Crippen LogP) is 2.57. The lowest BCUT2D eigenvalue weighted by molar-refractivity contribution is -0.384. The summed E-state index contributed by atoms with van der Waals surface area (Å²) in [5.41, 5.74) is -2.23. The summed E-state index contributed by atoms with van der Waals surface area (Å²) in [6.07, 6.45) is -4.32. The highest BCUT2D eigenvalue weighted by atomic mass is 19.3. The summed E-state index contributed by atoms with van der Waals surface area (Å²) in [5.74, 6) is -9.01. The maximum absolute atomic E-state index is 13.2. The molecule has 0 radical (unpaired) electrons. The van der Waals surface area contributed by atoms with E-state index in [1.54, 1.807) is 0 Å². The SMILES string of the molecule is O=C(Nc1c(F)cccc1[N+](=O)[O-])C(F)(F)C(F)F. The van der Waals surface area contributed by atoms with Crippen molar-refractivity contribution in [3.63, 3.8) is 0 Å². The van der Waals surface area contributed by atoms with Crippen LogP contribution in [0, 0.1) is 15.9 Å². The highest BCUT2D eigenvalue weighted by Gasteiger charge is 2.49. The van der Waals surface area contributed by atoms with Gasteiger partial charge in [0.05, 0.1) is 4.92 Å². The molecule has 0 saturated carbocycles. The van der Waals surface area contributed by atoms with Gasteiger partial charge in [-0.2, -0.15) is 8.78 Å². The molecule has 0 heterocycles. The van der Waals surface area contributed by atoms with Crippen LogP contribution < -0.4 is 5.32 Å². The van der Waals surface area contributed by atoms with Crippen LogP contribution in [0.5, 0.6) is 0 Å². The number of amides is 1. The molecule has 1 N–H and O–H groups in total. The molecule has 19 heavy (non-hydrogen) atoms. The number of nitro benzene ring substituents is 1. The Morgan fingerprint density at radius 3 is 2.42 bits per heavy atom. The standard InChI is InChI=1S/C9H5F5N2O3/c10-4-2-1-3-5(16(18)19)6(4)15-8(17)9(13,14)7(11)12/h1-3,7H,(H,15,17). The Hall–Kier alpha value is -2.26. The number of nitrogens with zero attached hydrogens (tertiary/aromatic N) is 1. The first-order valence-electron chi connectivity index (χ1n) is 4.58. The van der Waals surface area contributed by atoms with E-state index in [9.17, 15) is 36.9 Å². The average molecular weight is 284 g/mol. The normalized spacial score (nSPS) is 11.5. The van der Waals surface area contributed by atoms with Gasteiger partial charge in [-0.1, -0.05) is 6.07 Å². The molecule has 0 aromatic heterocycles. The number of rotatable bonds is 4. The van der Waals surface area contributed by atoms with E-state index in [0.717, 1.165) is 17.4 Å². The Kier molecular flexibility index (Phi) is 4.02. The lowest BCUT2D eigenvalue weighted by atomic mass is 10.2. The second-order valence-corrected chi connectivity index (χ2v) is 3.27. The van der Waals surface area contributed by atoms with E-state index in [-0.39, 0.29) is 0 Å². The fourth-order valence-corrected chi connectivity index (χ4v) is 1.08. The molecule has 0 aliphatic heterocycles. The Morgan fingerprint density at radius 2 is 1.95 bits per heavy atom. The van der Waals surface area contributed by atoms with Crippen molar-refractivity contribution in [2.45, 2.75) is 12.3 Å². The number of para-hydroxylation sites is 1. The first-order chi connectivity index (χ1) is 8.67. The van der Waals surface area contributed by atoms with Gasteiger partial charge in [0.15, 0.2) is 11.5 Å². The molecule has 0 bridgehead atoms. The van der Waals surface area contributed by atoms with Crippen molar-refractivity contribution < 1.29 is 31.7 Å². The molecule has 1 aromatic rings. The molecule has 0 aliphatic carbocycles. The van der Waals surface area contributed by atoms with Crippen molar-refractivity contribution in [3.05, 3.63) is 34.1 Å². The van der Waals surface area contributed by atoms with Crippen LogP contribution >= 0.6 is 0 Å². The largest absolute Gasteiger partial charge is 0.383 e. The van der Waals surface area contributed by atoms with Crippen molar-refractivity contribution in [2.24, 2.45) is 0 Å². The first kappa shape index (κ1) is 14.8. The molecule has 0 atom stereocenters. The monoisotopic (exact) mass is 284 g/mol. The predicted molar refractivity (Wildman–Crippen MR) is 52.6 cm³/mol. The minimum atomic E-state index is -5.09. The van der Waals surface area contributed by atoms with Crippen LogP contribution in [0.3, 0.4) is 0 Å². The van der Waals surface area contributed by atoms with Crippen molar-refractivity contribution in [1.29, 1.82) is 0 Å². The van der Waals surface area contributed by atoms with E-state index in [0.29, 0.717) is 6.07 Å². The van der Waals surface area contributed by atoms with Crippen LogP contribution in [0.1, 0.15) is 0 Å². The number of hydrogen-bond donors (Lipinski definition) is 1. The zero-order chi connectivity index (χ0) is 14.8. The minimum Gasteiger partial charge on any atom is -0.312 e. The maximum atomic E-state index is 13.2. The Morgan fingerprint density at radius 1 is 1.37 bits per heavy atom. The molecule has 0 spiro atoms. The minimum absolute atomic E-state index is 0.642. The van der Waals surface area contributed by atoms with E-state index in [4.69, 9.17) is 0 Å². The van der Waals surface area contributed by atoms with Crippen LogP contribution in [-0.4, -0.2) is 23.2 Å². The molecular formula is C9H5F5N2O3. The van der Waals surface area contributed by atoms with E-state index in [2.05, 4.69) is 0 Å². The van der Waals surface area contributed by atoms with E-state index >= 15 is 0 Å². The van der Waals surface area contributed by atoms with Crippen LogP contribution in [-0.2, 0) is 4.79 Å². The number of benzene rings is 1. The third-order valence-corrected chi connectivity index (χ3v) is 2.00. The van der Waals surface area contributed by atoms with Crippen molar-refractivity contribution in [1.82, 2.24) is 0 Å². The van der Waals surface area contributed by atoms with E-state index in [1.807, 2.05) is 0 Å². The first-order valence-corrected chi connectivity index (χ1v) is 4.58. The third kappa shape index (κ3) is 2.95. The maximum Gasteiger partial charge on any atom is 0.383 e. The van der Waals surface area contributed by atoms with Gasteiger partial charge in [0.2, 0.25) is 0 Å². The van der Waals surface area contributed by atoms with Crippen LogP contribution in [0.25, 0.3) is 0 Å². The highest BCUT2D eigenvalue weighted by molar-refractivity contribution is 5.98. The van der Waals surface area contributed by atoms with Crippen LogP contribution in [0.4, 0.5) is 33.3 Å². The number of carbonyl (C=O) groups excluding carboxylic acids is 1. The van der Waals surface area contributed by atoms with Crippen molar-refractivity contribution >= 4 is 17.3 Å². The van der Waals surface area contributed by atoms with Gasteiger partial charge in [0, 0.05) is 6.07 Å². The third-order valence-electron chi connectivity index (χ3n) is 2.00. The van der Waals surface area contributed by atoms with Gasteiger partial charge in [-0.3, -0.25) is 14.9 Å². The number of nitrogens with one attached hydrogen (secondary N) is 1. The molecule has 0 fully saturated rings. The van der Waals surface area contributed by atoms with Gasteiger partial charge in [-0.25, -0.2) is 13.2 Å². The summed E-state index contributed by atoms with van der Waals surface area (Å²) in [4.78, 5) is 20.2. The Bertz CT molecular complexity index is 521. The van der Waals surface area contributed by atoms with Gasteiger partial charge < -0.3 is 5.32 Å². The van der Waals surface area contributed by atoms with Crippen LogP contribution in [0.2, 0.25) is 0 Å². The summed E-state index contributed by atoms with van der Waals surface area (Å²) in [5, 5.41) is 11.6. The molecule has 10 heteroatoms. The molecule has 1 rings (SSSR count). The van der Waals surface area contributed by atoms with Gasteiger partial charge in [0.25, 0.3) is 5.69 Å². The quantitative estimate of drug-likeness (QED) is 0.524. The topological polar surface area (TPSA) is 72.2 Å². The summed E-state index contributed by atoms with van der Waals surface area (Å²) in [6.45, 7) is 0. The molecule has 5 nitrogen and oxygen atoms in total. The smallest absolute Gasteiger partial charge is 0.312 e. The highest BCUT2D eigenvalue weighted by Crippen LogP contribution is 2.30. The second kappa shape index (κ2) is 5.16. The fourth-order valence-electron chi connectivity index (χ4n) is 1.08. The summed E-state index contributed by atoms with van der Waals surface area (Å²) in [7, 11) is 0. The summed E-state index contributed by atoms with van der Waals surface area (Å²) in [6, 6.07) is 2.26. The summed E-state index contributed by atoms with van der Waals surface area (Å²) < 4.78 is 62.3. The molecule has 0 unspecified atom stereocenters. The van der Waals surface area contributed by atoms with Gasteiger partial charge in [-0.15, -0.1) is 0 Å². The number of alkyl halides is 4. The van der Waals surface area contributed by atoms with Crippen molar-refractivity contribution in [3.8, 4) is 0 Å². The zero-order valence-corrected chi connectivity index (χ0v) is 8.87. The Balaban J connectivity index is 3.13. The van der Waals surface area contributed by atoms with Crippen LogP contribution in [0.15, 0.2) is 18.2 Å².